The van der Waals surface area contributed by atoms with Crippen LogP contribution < -0.4 is 15.6 Å². The van der Waals surface area contributed by atoms with Crippen LogP contribution in [0.2, 0.25) is 0 Å². The van der Waals surface area contributed by atoms with Crippen molar-refractivity contribution < 1.29 is 18.0 Å². The fourth-order valence-electron chi connectivity index (χ4n) is 2.85. The number of carbonyl (C=O) groups is 2. The summed E-state index contributed by atoms with van der Waals surface area (Å²) in [5.41, 5.74) is 7.93. The summed E-state index contributed by atoms with van der Waals surface area (Å²) in [4.78, 5) is 25.4. The van der Waals surface area contributed by atoms with E-state index in [9.17, 15) is 18.0 Å². The summed E-state index contributed by atoms with van der Waals surface area (Å²) >= 11 is 1.36. The van der Waals surface area contributed by atoms with Crippen molar-refractivity contribution in [2.75, 3.05) is 5.75 Å². The maximum atomic E-state index is 12.6. The minimum absolute atomic E-state index is 0.0392. The van der Waals surface area contributed by atoms with Gasteiger partial charge in [0.1, 0.15) is 0 Å². The van der Waals surface area contributed by atoms with Crippen LogP contribution in [-0.4, -0.2) is 26.0 Å². The first kappa shape index (κ1) is 24.5. The number of carbonyl (C=O) groups excluding carboxylic acids is 2. The van der Waals surface area contributed by atoms with Crippen molar-refractivity contribution in [3.63, 3.8) is 0 Å². The number of benzene rings is 3. The SMILES string of the molecule is Cc1ccc(SCC(=O)NNC(=O)c2cccc(S(=O)(=O)NCc3ccccc3)c2)cc1C. The normalized spacial score (nSPS) is 11.1. The minimum atomic E-state index is -3.81. The van der Waals surface area contributed by atoms with Crippen molar-refractivity contribution in [1.29, 1.82) is 0 Å². The van der Waals surface area contributed by atoms with Crippen LogP contribution in [0.3, 0.4) is 0 Å². The van der Waals surface area contributed by atoms with Crippen molar-refractivity contribution in [3.05, 3.63) is 95.1 Å². The summed E-state index contributed by atoms with van der Waals surface area (Å²) in [5.74, 6) is -0.861. The number of hydrazine groups is 1. The molecule has 3 aromatic carbocycles. The summed E-state index contributed by atoms with van der Waals surface area (Å²) in [6.45, 7) is 4.16. The predicted octanol–water partition coefficient (Wildman–Crippen LogP) is 3.34. The lowest BCUT2D eigenvalue weighted by molar-refractivity contribution is -0.119. The summed E-state index contributed by atoms with van der Waals surface area (Å²) < 4.78 is 27.7. The smallest absolute Gasteiger partial charge is 0.269 e. The number of hydrogen-bond donors (Lipinski definition) is 3. The van der Waals surface area contributed by atoms with Gasteiger partial charge in [0.2, 0.25) is 15.9 Å². The number of amides is 2. The molecule has 0 spiro atoms. The molecule has 0 bridgehead atoms. The maximum Gasteiger partial charge on any atom is 0.269 e. The molecule has 0 saturated heterocycles. The molecule has 0 saturated carbocycles. The Hall–Kier alpha value is -3.14. The van der Waals surface area contributed by atoms with Gasteiger partial charge in [-0.25, -0.2) is 13.1 Å². The van der Waals surface area contributed by atoms with Gasteiger partial charge in [-0.05, 0) is 60.9 Å². The first-order valence-corrected chi connectivity index (χ1v) is 12.6. The van der Waals surface area contributed by atoms with Gasteiger partial charge < -0.3 is 0 Å². The number of hydrogen-bond acceptors (Lipinski definition) is 5. The highest BCUT2D eigenvalue weighted by Gasteiger charge is 2.16. The molecule has 2 amide bonds. The zero-order valence-corrected chi connectivity index (χ0v) is 19.9. The third-order valence-electron chi connectivity index (χ3n) is 4.88. The van der Waals surface area contributed by atoms with E-state index >= 15 is 0 Å². The first-order valence-electron chi connectivity index (χ1n) is 10.2. The summed E-state index contributed by atoms with van der Waals surface area (Å²) in [7, 11) is -3.81. The molecular formula is C24H25N3O4S2. The minimum Gasteiger partial charge on any atom is -0.272 e. The summed E-state index contributed by atoms with van der Waals surface area (Å²) in [6, 6.07) is 20.7. The molecule has 0 unspecified atom stereocenters. The zero-order valence-electron chi connectivity index (χ0n) is 18.3. The first-order chi connectivity index (χ1) is 15.7. The standard InChI is InChI=1S/C24H25N3O4S2/c1-17-11-12-21(13-18(17)2)32-16-23(28)26-27-24(29)20-9-6-10-22(14-20)33(30,31)25-15-19-7-4-3-5-8-19/h3-14,25H,15-16H2,1-2H3,(H,26,28)(H,27,29). The number of rotatable bonds is 8. The lowest BCUT2D eigenvalue weighted by Gasteiger charge is -2.10. The molecule has 33 heavy (non-hydrogen) atoms. The van der Waals surface area contributed by atoms with Gasteiger partial charge in [0.05, 0.1) is 10.6 Å². The predicted molar refractivity (Wildman–Crippen MR) is 129 cm³/mol. The summed E-state index contributed by atoms with van der Waals surface area (Å²) in [6.07, 6.45) is 0. The number of aryl methyl sites for hydroxylation is 2. The number of nitrogens with one attached hydrogen (secondary N) is 3. The topological polar surface area (TPSA) is 104 Å². The molecule has 0 aliphatic rings. The van der Waals surface area contributed by atoms with Crippen LogP contribution in [-0.2, 0) is 21.4 Å². The van der Waals surface area contributed by atoms with E-state index in [1.165, 1.54) is 41.6 Å². The highest BCUT2D eigenvalue weighted by molar-refractivity contribution is 8.00. The average molecular weight is 484 g/mol. The fourth-order valence-corrected chi connectivity index (χ4v) is 4.71. The lowest BCUT2D eigenvalue weighted by Crippen LogP contribution is -2.42. The molecule has 3 aromatic rings. The Morgan fingerprint density at radius 3 is 2.33 bits per heavy atom. The third-order valence-corrected chi connectivity index (χ3v) is 7.27. The van der Waals surface area contributed by atoms with Crippen LogP contribution in [0.1, 0.15) is 27.0 Å². The Morgan fingerprint density at radius 1 is 0.848 bits per heavy atom. The quantitative estimate of drug-likeness (QED) is 0.337. The Morgan fingerprint density at radius 2 is 1.61 bits per heavy atom. The van der Waals surface area contributed by atoms with E-state index in [1.54, 1.807) is 0 Å². The van der Waals surface area contributed by atoms with Gasteiger partial charge in [-0.2, -0.15) is 0 Å². The van der Waals surface area contributed by atoms with Crippen molar-refractivity contribution >= 4 is 33.6 Å². The van der Waals surface area contributed by atoms with Gasteiger partial charge in [0.25, 0.3) is 5.91 Å². The second-order valence-corrected chi connectivity index (χ2v) is 10.2. The van der Waals surface area contributed by atoms with E-state index < -0.39 is 15.9 Å². The van der Waals surface area contributed by atoms with Gasteiger partial charge >= 0.3 is 0 Å². The molecule has 0 radical (unpaired) electrons. The fraction of sp³-hybridized carbons (Fsp3) is 0.167. The molecule has 0 aliphatic carbocycles. The molecule has 0 aliphatic heterocycles. The number of thioether (sulfide) groups is 1. The summed E-state index contributed by atoms with van der Waals surface area (Å²) in [5, 5.41) is 0. The van der Waals surface area contributed by atoms with Crippen LogP contribution in [0.4, 0.5) is 0 Å². The van der Waals surface area contributed by atoms with E-state index in [4.69, 9.17) is 0 Å². The molecular weight excluding hydrogens is 458 g/mol. The van der Waals surface area contributed by atoms with Crippen molar-refractivity contribution in [1.82, 2.24) is 15.6 Å². The molecule has 172 valence electrons. The molecule has 3 N–H and O–H groups in total. The molecule has 7 nitrogen and oxygen atoms in total. The van der Waals surface area contributed by atoms with Crippen LogP contribution >= 0.6 is 11.8 Å². The zero-order chi connectivity index (χ0) is 23.8. The van der Waals surface area contributed by atoms with Crippen LogP contribution in [0.25, 0.3) is 0 Å². The molecule has 3 rings (SSSR count). The Kier molecular flexibility index (Phi) is 8.26. The van der Waals surface area contributed by atoms with Crippen molar-refractivity contribution in [2.45, 2.75) is 30.2 Å². The maximum absolute atomic E-state index is 12.6. The van der Waals surface area contributed by atoms with E-state index in [1.807, 2.05) is 62.4 Å². The largest absolute Gasteiger partial charge is 0.272 e. The molecule has 9 heteroatoms. The van der Waals surface area contributed by atoms with Gasteiger partial charge in [-0.1, -0.05) is 42.5 Å². The van der Waals surface area contributed by atoms with Gasteiger partial charge in [-0.15, -0.1) is 11.8 Å². The lowest BCUT2D eigenvalue weighted by atomic mass is 10.1. The van der Waals surface area contributed by atoms with Crippen molar-refractivity contribution in [3.8, 4) is 0 Å². The van der Waals surface area contributed by atoms with E-state index in [0.29, 0.717) is 0 Å². The second-order valence-electron chi connectivity index (χ2n) is 7.38. The van der Waals surface area contributed by atoms with Gasteiger partial charge in [-0.3, -0.25) is 20.4 Å². The second kappa shape index (κ2) is 11.1. The van der Waals surface area contributed by atoms with Crippen LogP contribution in [0.5, 0.6) is 0 Å². The monoisotopic (exact) mass is 483 g/mol. The van der Waals surface area contributed by atoms with E-state index in [-0.39, 0.29) is 28.7 Å². The van der Waals surface area contributed by atoms with Crippen LogP contribution in [0, 0.1) is 13.8 Å². The molecule has 0 heterocycles. The Bertz CT molecular complexity index is 1250. The highest BCUT2D eigenvalue weighted by atomic mass is 32.2. The Balaban J connectivity index is 1.54. The molecule has 0 fully saturated rings. The highest BCUT2D eigenvalue weighted by Crippen LogP contribution is 2.20. The van der Waals surface area contributed by atoms with Crippen LogP contribution in [0.15, 0.2) is 82.6 Å². The molecule has 0 aromatic heterocycles. The number of sulfonamides is 1. The van der Waals surface area contributed by atoms with E-state index in [0.717, 1.165) is 16.0 Å². The van der Waals surface area contributed by atoms with Gasteiger partial charge in [0, 0.05) is 17.0 Å². The van der Waals surface area contributed by atoms with Gasteiger partial charge in [0.15, 0.2) is 0 Å². The molecule has 0 atom stereocenters. The van der Waals surface area contributed by atoms with Crippen molar-refractivity contribution in [2.24, 2.45) is 0 Å². The average Bonchev–Trinajstić information content (AvgIpc) is 2.82. The Labute approximate surface area is 198 Å². The third kappa shape index (κ3) is 7.18. The van der Waals surface area contributed by atoms with E-state index in [2.05, 4.69) is 15.6 Å².